The molecule has 2 fully saturated rings. The van der Waals surface area contributed by atoms with Crippen LogP contribution in [0.2, 0.25) is 0 Å². The second kappa shape index (κ2) is 9.10. The molecule has 0 atom stereocenters. The summed E-state index contributed by atoms with van der Waals surface area (Å²) in [5.74, 6) is 0. The van der Waals surface area contributed by atoms with Crippen LogP contribution in [0, 0.1) is 13.8 Å². The van der Waals surface area contributed by atoms with Crippen LogP contribution in [0.3, 0.4) is 0 Å². The number of hydrogen-bond donors (Lipinski definition) is 1. The van der Waals surface area contributed by atoms with Crippen molar-refractivity contribution in [3.8, 4) is 21.7 Å². The molecule has 1 N–H and O–H groups in total. The van der Waals surface area contributed by atoms with Crippen LogP contribution in [0.1, 0.15) is 24.0 Å². The fourth-order valence-electron chi connectivity index (χ4n) is 5.21. The summed E-state index contributed by atoms with van der Waals surface area (Å²) >= 11 is 1.75. The van der Waals surface area contributed by atoms with Gasteiger partial charge in [0, 0.05) is 37.1 Å². The molecule has 2 aromatic carbocycles. The van der Waals surface area contributed by atoms with Crippen molar-refractivity contribution in [1.29, 1.82) is 0 Å². The Morgan fingerprint density at radius 3 is 2.38 bits per heavy atom. The number of fused-ring (bicyclic) bond motifs is 1. The minimum absolute atomic E-state index is 0.529. The zero-order valence-electron chi connectivity index (χ0n) is 19.8. The molecule has 2 aliphatic heterocycles. The van der Waals surface area contributed by atoms with Crippen LogP contribution in [0.15, 0.2) is 54.9 Å². The Bertz CT molecular complexity index is 1270. The normalized spacial score (nSPS) is 17.3. The van der Waals surface area contributed by atoms with Crippen LogP contribution in [0.25, 0.3) is 31.9 Å². The Balaban J connectivity index is 1.41. The third-order valence-electron chi connectivity index (χ3n) is 6.90. The average Bonchev–Trinajstić information content (AvgIpc) is 3.25. The Kier molecular flexibility index (Phi) is 5.81. The summed E-state index contributed by atoms with van der Waals surface area (Å²) in [7, 11) is 0. The highest BCUT2D eigenvalue weighted by molar-refractivity contribution is 7.21. The molecule has 2 saturated heterocycles. The van der Waals surface area contributed by atoms with E-state index in [9.17, 15) is 0 Å². The van der Waals surface area contributed by atoms with Gasteiger partial charge < -0.3 is 15.0 Å². The summed E-state index contributed by atoms with van der Waals surface area (Å²) in [4.78, 5) is 12.3. The highest BCUT2D eigenvalue weighted by atomic mass is 32.1. The topological polar surface area (TPSA) is 50.3 Å². The molecular formula is C28H30N4OS. The van der Waals surface area contributed by atoms with Gasteiger partial charge in [0.1, 0.15) is 5.01 Å². The number of anilines is 1. The van der Waals surface area contributed by atoms with Gasteiger partial charge in [-0.25, -0.2) is 4.98 Å². The van der Waals surface area contributed by atoms with E-state index in [-0.39, 0.29) is 0 Å². The lowest BCUT2D eigenvalue weighted by Crippen LogP contribution is -2.53. The van der Waals surface area contributed by atoms with Crippen molar-refractivity contribution < 1.29 is 4.74 Å². The maximum absolute atomic E-state index is 5.35. The van der Waals surface area contributed by atoms with Gasteiger partial charge in [-0.05, 0) is 44.4 Å². The number of pyridine rings is 1. The summed E-state index contributed by atoms with van der Waals surface area (Å²) in [5, 5.41) is 4.82. The van der Waals surface area contributed by atoms with E-state index in [0.717, 1.165) is 55.2 Å². The van der Waals surface area contributed by atoms with E-state index in [2.05, 4.69) is 66.5 Å². The summed E-state index contributed by atoms with van der Waals surface area (Å²) < 4.78 is 6.57. The molecule has 0 spiro atoms. The minimum Gasteiger partial charge on any atom is -0.378 e. The number of piperidine rings is 1. The molecule has 0 saturated carbocycles. The molecule has 0 bridgehead atoms. The highest BCUT2D eigenvalue weighted by Crippen LogP contribution is 2.42. The van der Waals surface area contributed by atoms with Crippen molar-refractivity contribution in [2.75, 3.05) is 31.2 Å². The highest BCUT2D eigenvalue weighted by Gasteiger charge is 2.28. The lowest BCUT2D eigenvalue weighted by molar-refractivity contribution is -0.0111. The Morgan fingerprint density at radius 1 is 0.941 bits per heavy atom. The van der Waals surface area contributed by atoms with E-state index in [4.69, 9.17) is 14.7 Å². The van der Waals surface area contributed by atoms with Gasteiger partial charge in [0.2, 0.25) is 0 Å². The summed E-state index contributed by atoms with van der Waals surface area (Å²) in [6.07, 6.45) is 6.31. The second-order valence-corrected chi connectivity index (χ2v) is 10.6. The Morgan fingerprint density at radius 2 is 1.68 bits per heavy atom. The number of aryl methyl sites for hydroxylation is 2. The molecule has 4 heterocycles. The number of benzene rings is 2. The van der Waals surface area contributed by atoms with Gasteiger partial charge in [-0.2, -0.15) is 0 Å². The molecule has 5 nitrogen and oxygen atoms in total. The summed E-state index contributed by atoms with van der Waals surface area (Å²) in [6.45, 7) is 8.08. The van der Waals surface area contributed by atoms with Gasteiger partial charge in [-0.3, -0.25) is 4.98 Å². The molecule has 6 heteroatoms. The van der Waals surface area contributed by atoms with Crippen molar-refractivity contribution in [3.05, 3.63) is 66.0 Å². The van der Waals surface area contributed by atoms with Crippen LogP contribution < -0.4 is 10.2 Å². The van der Waals surface area contributed by atoms with Gasteiger partial charge >= 0.3 is 0 Å². The first kappa shape index (κ1) is 21.7. The van der Waals surface area contributed by atoms with Crippen molar-refractivity contribution >= 4 is 27.2 Å². The largest absolute Gasteiger partial charge is 0.378 e. The molecular weight excluding hydrogens is 440 g/mol. The first-order valence-corrected chi connectivity index (χ1v) is 13.0. The molecule has 0 amide bonds. The molecule has 34 heavy (non-hydrogen) atoms. The number of nitrogens with zero attached hydrogens (tertiary/aromatic N) is 3. The Labute approximate surface area is 204 Å². The quantitative estimate of drug-likeness (QED) is 0.411. The van der Waals surface area contributed by atoms with Gasteiger partial charge in [-0.15, -0.1) is 11.3 Å². The number of hydrogen-bond acceptors (Lipinski definition) is 6. The predicted octanol–water partition coefficient (Wildman–Crippen LogP) is 5.60. The molecule has 4 aromatic rings. The van der Waals surface area contributed by atoms with Gasteiger partial charge in [-0.1, -0.05) is 41.5 Å². The van der Waals surface area contributed by atoms with E-state index in [1.165, 1.54) is 32.6 Å². The van der Waals surface area contributed by atoms with Crippen LogP contribution in [0.4, 0.5) is 5.69 Å². The molecule has 6 rings (SSSR count). The van der Waals surface area contributed by atoms with Crippen molar-refractivity contribution in [2.45, 2.75) is 38.8 Å². The molecule has 2 aliphatic rings. The fraction of sp³-hybridized carbons (Fsp3) is 0.357. The zero-order valence-corrected chi connectivity index (χ0v) is 20.6. The van der Waals surface area contributed by atoms with Crippen LogP contribution in [0.5, 0.6) is 0 Å². The Hall–Kier alpha value is -2.80. The fourth-order valence-corrected chi connectivity index (χ4v) is 6.19. The first-order chi connectivity index (χ1) is 16.6. The standard InChI is InChI=1S/C28H30N4OS/c1-18-11-19(2)13-20(12-18)23-14-29-15-24(28-31-25-5-3-4-6-26(25)34-28)27(23)32-9-7-21(8-10-32)30-22-16-33-17-22/h3-6,11-15,21-22,30H,7-10,16-17H2,1-2H3. The smallest absolute Gasteiger partial charge is 0.128 e. The van der Waals surface area contributed by atoms with E-state index in [0.29, 0.717) is 12.1 Å². The third-order valence-corrected chi connectivity index (χ3v) is 7.96. The first-order valence-electron chi connectivity index (χ1n) is 12.2. The lowest BCUT2D eigenvalue weighted by Gasteiger charge is -2.39. The maximum Gasteiger partial charge on any atom is 0.128 e. The van der Waals surface area contributed by atoms with Crippen molar-refractivity contribution in [3.63, 3.8) is 0 Å². The summed E-state index contributed by atoms with van der Waals surface area (Å²) in [6, 6.07) is 16.3. The van der Waals surface area contributed by atoms with Gasteiger partial charge in [0.15, 0.2) is 0 Å². The molecule has 174 valence electrons. The minimum atomic E-state index is 0.529. The van der Waals surface area contributed by atoms with Crippen LogP contribution in [-0.2, 0) is 4.74 Å². The van der Waals surface area contributed by atoms with Gasteiger partial charge in [0.25, 0.3) is 0 Å². The molecule has 0 aliphatic carbocycles. The monoisotopic (exact) mass is 470 g/mol. The number of rotatable bonds is 5. The summed E-state index contributed by atoms with van der Waals surface area (Å²) in [5.41, 5.74) is 8.43. The predicted molar refractivity (Wildman–Crippen MR) is 141 cm³/mol. The second-order valence-electron chi connectivity index (χ2n) is 9.61. The average molecular weight is 471 g/mol. The third kappa shape index (κ3) is 4.22. The van der Waals surface area contributed by atoms with E-state index in [1.807, 2.05) is 12.4 Å². The molecule has 0 radical (unpaired) electrons. The number of ether oxygens (including phenoxy) is 1. The van der Waals surface area contributed by atoms with Crippen LogP contribution in [-0.4, -0.2) is 48.4 Å². The van der Waals surface area contributed by atoms with Crippen LogP contribution >= 0.6 is 11.3 Å². The number of para-hydroxylation sites is 1. The van der Waals surface area contributed by atoms with Gasteiger partial charge in [0.05, 0.1) is 40.7 Å². The molecule has 2 aromatic heterocycles. The van der Waals surface area contributed by atoms with E-state index in [1.54, 1.807) is 11.3 Å². The van der Waals surface area contributed by atoms with Crippen molar-refractivity contribution in [1.82, 2.24) is 15.3 Å². The molecule has 0 unspecified atom stereocenters. The SMILES string of the molecule is Cc1cc(C)cc(-c2cncc(-c3nc4ccccc4s3)c2N2CCC(NC3COC3)CC2)c1. The maximum atomic E-state index is 5.35. The lowest BCUT2D eigenvalue weighted by atomic mass is 9.96. The number of aromatic nitrogens is 2. The number of nitrogens with one attached hydrogen (secondary N) is 1. The number of thiazole rings is 1. The zero-order chi connectivity index (χ0) is 23.1. The van der Waals surface area contributed by atoms with Crippen molar-refractivity contribution in [2.24, 2.45) is 0 Å². The van der Waals surface area contributed by atoms with E-state index < -0.39 is 0 Å². The van der Waals surface area contributed by atoms with E-state index >= 15 is 0 Å².